The summed E-state index contributed by atoms with van der Waals surface area (Å²) in [6.45, 7) is 6.86. The topological polar surface area (TPSA) is 6.48 Å². The van der Waals surface area contributed by atoms with E-state index < -0.39 is 0 Å². The van der Waals surface area contributed by atoms with E-state index in [-0.39, 0.29) is 0 Å². The van der Waals surface area contributed by atoms with Crippen molar-refractivity contribution in [2.24, 2.45) is 0 Å². The van der Waals surface area contributed by atoms with Crippen LogP contribution >= 0.6 is 11.6 Å². The van der Waals surface area contributed by atoms with Crippen molar-refractivity contribution < 1.29 is 0 Å². The molecule has 1 heterocycles. The van der Waals surface area contributed by atoms with Crippen molar-refractivity contribution in [3.05, 3.63) is 34.9 Å². The van der Waals surface area contributed by atoms with Crippen LogP contribution in [0.15, 0.2) is 24.3 Å². The molecule has 1 fully saturated rings. The zero-order valence-corrected chi connectivity index (χ0v) is 10.7. The summed E-state index contributed by atoms with van der Waals surface area (Å²) in [4.78, 5) is 4.90. The highest BCUT2D eigenvalue weighted by Gasteiger charge is 2.20. The maximum absolute atomic E-state index is 6.02. The first-order valence-corrected chi connectivity index (χ1v) is 6.22. The Balaban J connectivity index is 2.04. The third kappa shape index (κ3) is 2.76. The minimum absolute atomic E-state index is 0.465. The monoisotopic (exact) mass is 238 g/mol. The lowest BCUT2D eigenvalue weighted by atomic mass is 10.1. The van der Waals surface area contributed by atoms with E-state index in [0.717, 1.165) is 31.2 Å². The normalized spacial score (nSPS) is 20.9. The van der Waals surface area contributed by atoms with Gasteiger partial charge in [-0.3, -0.25) is 4.90 Å². The quantitative estimate of drug-likeness (QED) is 0.782. The van der Waals surface area contributed by atoms with Crippen molar-refractivity contribution in [2.45, 2.75) is 13.0 Å². The predicted molar refractivity (Wildman–Crippen MR) is 68.9 cm³/mol. The second-order valence-corrected chi connectivity index (χ2v) is 5.01. The van der Waals surface area contributed by atoms with E-state index in [1.54, 1.807) is 0 Å². The largest absolute Gasteiger partial charge is 0.304 e. The average Bonchev–Trinajstić information content (AvgIpc) is 2.29. The highest BCUT2D eigenvalue weighted by molar-refractivity contribution is 6.30. The molecule has 0 amide bonds. The molecule has 16 heavy (non-hydrogen) atoms. The fraction of sp³-hybridized carbons (Fsp3) is 0.538. The molecule has 0 aromatic heterocycles. The standard InChI is InChI=1S/C13H19ClN2/c1-11(12-4-3-5-13(14)10-12)16-8-6-15(2)7-9-16/h3-5,10-11H,6-9H2,1-2H3. The number of halogens is 1. The Bertz CT molecular complexity index is 346. The number of hydrogen-bond acceptors (Lipinski definition) is 2. The van der Waals surface area contributed by atoms with Gasteiger partial charge in [-0.2, -0.15) is 0 Å². The third-order valence-corrected chi connectivity index (χ3v) is 3.65. The van der Waals surface area contributed by atoms with Crippen LogP contribution in [0.25, 0.3) is 0 Å². The third-order valence-electron chi connectivity index (χ3n) is 3.42. The molecular formula is C13H19ClN2. The van der Waals surface area contributed by atoms with Crippen LogP contribution in [0.5, 0.6) is 0 Å². The van der Waals surface area contributed by atoms with E-state index in [1.807, 2.05) is 12.1 Å². The molecule has 0 N–H and O–H groups in total. The van der Waals surface area contributed by atoms with Gasteiger partial charge in [0.1, 0.15) is 0 Å². The highest BCUT2D eigenvalue weighted by atomic mass is 35.5. The first-order valence-electron chi connectivity index (χ1n) is 5.85. The molecule has 1 aliphatic rings. The molecule has 1 aromatic carbocycles. The lowest BCUT2D eigenvalue weighted by molar-refractivity contribution is 0.119. The zero-order valence-electron chi connectivity index (χ0n) is 9.99. The van der Waals surface area contributed by atoms with E-state index in [9.17, 15) is 0 Å². The highest BCUT2D eigenvalue weighted by Crippen LogP contribution is 2.23. The van der Waals surface area contributed by atoms with E-state index >= 15 is 0 Å². The molecule has 0 saturated carbocycles. The van der Waals surface area contributed by atoms with E-state index in [4.69, 9.17) is 11.6 Å². The van der Waals surface area contributed by atoms with Gasteiger partial charge in [0.2, 0.25) is 0 Å². The Morgan fingerprint density at radius 2 is 1.88 bits per heavy atom. The molecule has 1 aliphatic heterocycles. The number of piperazine rings is 1. The van der Waals surface area contributed by atoms with Crippen molar-refractivity contribution in [1.82, 2.24) is 9.80 Å². The number of likely N-dealkylation sites (N-methyl/N-ethyl adjacent to an activating group) is 1. The summed E-state index contributed by atoms with van der Waals surface area (Å²) in [5.74, 6) is 0. The Hall–Kier alpha value is -0.570. The van der Waals surface area contributed by atoms with Gasteiger partial charge in [-0.25, -0.2) is 0 Å². The van der Waals surface area contributed by atoms with Gasteiger partial charge in [-0.1, -0.05) is 23.7 Å². The fourth-order valence-electron chi connectivity index (χ4n) is 2.19. The molecule has 0 radical (unpaired) electrons. The minimum atomic E-state index is 0.465. The van der Waals surface area contributed by atoms with Crippen molar-refractivity contribution in [2.75, 3.05) is 33.2 Å². The van der Waals surface area contributed by atoms with Gasteiger partial charge in [0, 0.05) is 37.2 Å². The average molecular weight is 239 g/mol. The molecule has 1 atom stereocenters. The number of nitrogens with zero attached hydrogens (tertiary/aromatic N) is 2. The molecule has 2 rings (SSSR count). The van der Waals surface area contributed by atoms with E-state index in [0.29, 0.717) is 6.04 Å². The van der Waals surface area contributed by atoms with Crippen molar-refractivity contribution in [1.29, 1.82) is 0 Å². The van der Waals surface area contributed by atoms with Crippen LogP contribution in [0.4, 0.5) is 0 Å². The summed E-state index contributed by atoms with van der Waals surface area (Å²) in [7, 11) is 2.18. The summed E-state index contributed by atoms with van der Waals surface area (Å²) in [6, 6.07) is 8.66. The van der Waals surface area contributed by atoms with Gasteiger partial charge in [-0.15, -0.1) is 0 Å². The SMILES string of the molecule is CC(c1cccc(Cl)c1)N1CCN(C)CC1. The molecule has 1 aromatic rings. The Morgan fingerprint density at radius 3 is 2.50 bits per heavy atom. The Kier molecular flexibility index (Phi) is 3.85. The van der Waals surface area contributed by atoms with Crippen LogP contribution in [-0.4, -0.2) is 43.0 Å². The molecule has 0 aliphatic carbocycles. The molecule has 0 bridgehead atoms. The summed E-state index contributed by atoms with van der Waals surface area (Å²) < 4.78 is 0. The molecule has 3 heteroatoms. The second kappa shape index (κ2) is 5.17. The predicted octanol–water partition coefficient (Wildman–Crippen LogP) is 2.65. The van der Waals surface area contributed by atoms with Crippen molar-refractivity contribution >= 4 is 11.6 Å². The van der Waals surface area contributed by atoms with Gasteiger partial charge in [0.25, 0.3) is 0 Å². The zero-order chi connectivity index (χ0) is 11.5. The molecule has 2 nitrogen and oxygen atoms in total. The minimum Gasteiger partial charge on any atom is -0.304 e. The van der Waals surface area contributed by atoms with Gasteiger partial charge in [-0.05, 0) is 31.7 Å². The van der Waals surface area contributed by atoms with Crippen LogP contribution in [-0.2, 0) is 0 Å². The first kappa shape index (κ1) is 11.9. The van der Waals surface area contributed by atoms with E-state index in [2.05, 4.69) is 35.9 Å². The van der Waals surface area contributed by atoms with Crippen LogP contribution in [0.3, 0.4) is 0 Å². The van der Waals surface area contributed by atoms with Crippen molar-refractivity contribution in [3.8, 4) is 0 Å². The van der Waals surface area contributed by atoms with Gasteiger partial charge < -0.3 is 4.90 Å². The van der Waals surface area contributed by atoms with Crippen LogP contribution in [0, 0.1) is 0 Å². The maximum atomic E-state index is 6.02. The smallest absolute Gasteiger partial charge is 0.0409 e. The van der Waals surface area contributed by atoms with Crippen LogP contribution in [0.1, 0.15) is 18.5 Å². The molecule has 1 saturated heterocycles. The second-order valence-electron chi connectivity index (χ2n) is 4.57. The molecule has 1 unspecified atom stereocenters. The maximum Gasteiger partial charge on any atom is 0.0409 e. The molecular weight excluding hydrogens is 220 g/mol. The molecule has 88 valence electrons. The number of rotatable bonds is 2. The summed E-state index contributed by atoms with van der Waals surface area (Å²) in [5, 5.41) is 0.832. The Labute approximate surface area is 103 Å². The van der Waals surface area contributed by atoms with Gasteiger partial charge >= 0.3 is 0 Å². The fourth-order valence-corrected chi connectivity index (χ4v) is 2.39. The summed E-state index contributed by atoms with van der Waals surface area (Å²) in [5.41, 5.74) is 1.32. The van der Waals surface area contributed by atoms with Crippen molar-refractivity contribution in [3.63, 3.8) is 0 Å². The lowest BCUT2D eigenvalue weighted by Crippen LogP contribution is -2.45. The van der Waals surface area contributed by atoms with Gasteiger partial charge in [0.15, 0.2) is 0 Å². The lowest BCUT2D eigenvalue weighted by Gasteiger charge is -2.36. The van der Waals surface area contributed by atoms with E-state index in [1.165, 1.54) is 5.56 Å². The van der Waals surface area contributed by atoms with Crippen LogP contribution < -0.4 is 0 Å². The number of benzene rings is 1. The first-order chi connectivity index (χ1) is 7.66. The summed E-state index contributed by atoms with van der Waals surface area (Å²) >= 11 is 6.02. The molecule has 0 spiro atoms. The number of hydrogen-bond donors (Lipinski definition) is 0. The van der Waals surface area contributed by atoms with Gasteiger partial charge in [0.05, 0.1) is 0 Å². The summed E-state index contributed by atoms with van der Waals surface area (Å²) in [6.07, 6.45) is 0. The Morgan fingerprint density at radius 1 is 1.19 bits per heavy atom. The van der Waals surface area contributed by atoms with Crippen LogP contribution in [0.2, 0.25) is 5.02 Å².